The number of aromatic nitrogens is 4. The van der Waals surface area contributed by atoms with Crippen LogP contribution in [-0.2, 0) is 4.74 Å². The Kier molecular flexibility index (Phi) is 2.46. The van der Waals surface area contributed by atoms with Gasteiger partial charge in [0, 0.05) is 6.42 Å². The van der Waals surface area contributed by atoms with Gasteiger partial charge in [0.25, 0.3) is 0 Å². The van der Waals surface area contributed by atoms with Crippen LogP contribution in [0.1, 0.15) is 25.4 Å². The molecular weight excluding hydrogens is 234 g/mol. The SMILES string of the molecule is Cc1nc(N)c2ncn(C3C[C@H](O)[C@@H](C)O3)c2n1. The van der Waals surface area contributed by atoms with E-state index in [0.717, 1.165) is 0 Å². The third-order valence-corrected chi connectivity index (χ3v) is 3.23. The minimum atomic E-state index is -0.465. The fourth-order valence-electron chi connectivity index (χ4n) is 2.23. The first-order valence-electron chi connectivity index (χ1n) is 5.86. The number of rotatable bonds is 1. The molecule has 0 radical (unpaired) electrons. The standard InChI is InChI=1S/C11H15N5O2/c1-5-7(17)3-8(18-5)16-4-13-9-10(12)14-6(2)15-11(9)16/h4-5,7-8,17H,3H2,1-2H3,(H2,12,14,15)/t5-,7+,8?/m1/s1. The van der Waals surface area contributed by atoms with E-state index in [1.54, 1.807) is 17.8 Å². The van der Waals surface area contributed by atoms with Gasteiger partial charge in [-0.15, -0.1) is 0 Å². The van der Waals surface area contributed by atoms with E-state index in [9.17, 15) is 5.11 Å². The number of nitrogens with zero attached hydrogens (tertiary/aromatic N) is 4. The zero-order valence-electron chi connectivity index (χ0n) is 10.2. The van der Waals surface area contributed by atoms with Crippen LogP contribution < -0.4 is 5.73 Å². The summed E-state index contributed by atoms with van der Waals surface area (Å²) < 4.78 is 7.48. The minimum absolute atomic E-state index is 0.187. The van der Waals surface area contributed by atoms with Gasteiger partial charge >= 0.3 is 0 Å². The van der Waals surface area contributed by atoms with Crippen LogP contribution >= 0.6 is 0 Å². The molecule has 18 heavy (non-hydrogen) atoms. The molecule has 0 spiro atoms. The molecule has 1 saturated heterocycles. The second kappa shape index (κ2) is 3.89. The molecule has 7 heteroatoms. The first kappa shape index (κ1) is 11.4. The molecule has 7 nitrogen and oxygen atoms in total. The number of hydrogen-bond acceptors (Lipinski definition) is 6. The van der Waals surface area contributed by atoms with Crippen molar-refractivity contribution in [2.75, 3.05) is 5.73 Å². The summed E-state index contributed by atoms with van der Waals surface area (Å²) in [4.78, 5) is 12.6. The lowest BCUT2D eigenvalue weighted by Gasteiger charge is -2.12. The van der Waals surface area contributed by atoms with Gasteiger partial charge in [0.15, 0.2) is 11.5 Å². The van der Waals surface area contributed by atoms with Crippen molar-refractivity contribution in [2.45, 2.75) is 38.7 Å². The van der Waals surface area contributed by atoms with Crippen LogP contribution in [0.4, 0.5) is 5.82 Å². The molecule has 3 rings (SSSR count). The summed E-state index contributed by atoms with van der Waals surface area (Å²) in [7, 11) is 0. The van der Waals surface area contributed by atoms with Crippen LogP contribution in [0.15, 0.2) is 6.33 Å². The third-order valence-electron chi connectivity index (χ3n) is 3.23. The molecule has 0 aliphatic carbocycles. The predicted octanol–water partition coefficient (Wildman–Crippen LogP) is 0.385. The van der Waals surface area contributed by atoms with Crippen LogP contribution in [-0.4, -0.2) is 36.8 Å². The summed E-state index contributed by atoms with van der Waals surface area (Å²) in [5, 5.41) is 9.73. The Balaban J connectivity index is 2.08. The Hall–Kier alpha value is -1.73. The van der Waals surface area contributed by atoms with Crippen molar-refractivity contribution in [3.63, 3.8) is 0 Å². The van der Waals surface area contributed by atoms with Crippen LogP contribution in [0.5, 0.6) is 0 Å². The number of nitrogens with two attached hydrogens (primary N) is 1. The highest BCUT2D eigenvalue weighted by molar-refractivity contribution is 5.81. The Morgan fingerprint density at radius 2 is 2.28 bits per heavy atom. The van der Waals surface area contributed by atoms with Gasteiger partial charge < -0.3 is 15.6 Å². The van der Waals surface area contributed by atoms with E-state index in [4.69, 9.17) is 10.5 Å². The first-order chi connectivity index (χ1) is 8.56. The van der Waals surface area contributed by atoms with Crippen molar-refractivity contribution in [3.05, 3.63) is 12.2 Å². The summed E-state index contributed by atoms with van der Waals surface area (Å²) >= 11 is 0. The molecule has 0 aromatic carbocycles. The molecule has 2 aromatic heterocycles. The number of aryl methyl sites for hydroxylation is 1. The van der Waals surface area contributed by atoms with Crippen molar-refractivity contribution in [1.29, 1.82) is 0 Å². The van der Waals surface area contributed by atoms with Crippen LogP contribution in [0.25, 0.3) is 11.2 Å². The van der Waals surface area contributed by atoms with E-state index in [1.165, 1.54) is 0 Å². The molecule has 3 N–H and O–H groups in total. The summed E-state index contributed by atoms with van der Waals surface area (Å²) in [6, 6.07) is 0. The quantitative estimate of drug-likeness (QED) is 0.758. The fourth-order valence-corrected chi connectivity index (χ4v) is 2.23. The van der Waals surface area contributed by atoms with Gasteiger partial charge in [0.1, 0.15) is 17.6 Å². The zero-order valence-corrected chi connectivity index (χ0v) is 10.2. The number of hydrogen-bond donors (Lipinski definition) is 2. The monoisotopic (exact) mass is 249 g/mol. The largest absolute Gasteiger partial charge is 0.390 e. The third kappa shape index (κ3) is 1.63. The number of nitrogen functional groups attached to an aromatic ring is 1. The summed E-state index contributed by atoms with van der Waals surface area (Å²) in [5.41, 5.74) is 7.02. The summed E-state index contributed by atoms with van der Waals surface area (Å²) in [6.07, 6.45) is 1.24. The topological polar surface area (TPSA) is 99.1 Å². The lowest BCUT2D eigenvalue weighted by Crippen LogP contribution is -2.15. The van der Waals surface area contributed by atoms with Crippen molar-refractivity contribution in [2.24, 2.45) is 0 Å². The van der Waals surface area contributed by atoms with Crippen LogP contribution in [0, 0.1) is 6.92 Å². The van der Waals surface area contributed by atoms with Crippen LogP contribution in [0.2, 0.25) is 0 Å². The predicted molar refractivity (Wildman–Crippen MR) is 64.7 cm³/mol. The highest BCUT2D eigenvalue weighted by Gasteiger charge is 2.32. The maximum absolute atomic E-state index is 9.73. The van der Waals surface area contributed by atoms with Gasteiger partial charge in [0.05, 0.1) is 18.5 Å². The van der Waals surface area contributed by atoms with Crippen molar-refractivity contribution in [3.8, 4) is 0 Å². The number of aliphatic hydroxyl groups excluding tert-OH is 1. The van der Waals surface area contributed by atoms with Gasteiger partial charge in [-0.3, -0.25) is 4.57 Å². The minimum Gasteiger partial charge on any atom is -0.390 e. The molecule has 0 bridgehead atoms. The molecule has 0 saturated carbocycles. The lowest BCUT2D eigenvalue weighted by atomic mass is 10.2. The average Bonchev–Trinajstić information content (AvgIpc) is 2.83. The van der Waals surface area contributed by atoms with Gasteiger partial charge in [-0.1, -0.05) is 0 Å². The van der Waals surface area contributed by atoms with Gasteiger partial charge in [-0.2, -0.15) is 0 Å². The van der Waals surface area contributed by atoms with E-state index in [-0.39, 0.29) is 12.3 Å². The molecule has 3 heterocycles. The van der Waals surface area contributed by atoms with Crippen molar-refractivity contribution >= 4 is 17.0 Å². The molecule has 2 aromatic rings. The van der Waals surface area contributed by atoms with E-state index in [1.807, 2.05) is 6.92 Å². The highest BCUT2D eigenvalue weighted by Crippen LogP contribution is 2.31. The van der Waals surface area contributed by atoms with Gasteiger partial charge in [0.2, 0.25) is 0 Å². The molecule has 96 valence electrons. The van der Waals surface area contributed by atoms with Crippen molar-refractivity contribution < 1.29 is 9.84 Å². The number of imidazole rings is 1. The highest BCUT2D eigenvalue weighted by atomic mass is 16.5. The maximum atomic E-state index is 9.73. The first-order valence-corrected chi connectivity index (χ1v) is 5.86. The number of fused-ring (bicyclic) bond motifs is 1. The molecule has 1 unspecified atom stereocenters. The molecule has 0 amide bonds. The average molecular weight is 249 g/mol. The van der Waals surface area contributed by atoms with E-state index >= 15 is 0 Å². The van der Waals surface area contributed by atoms with Gasteiger partial charge in [-0.05, 0) is 13.8 Å². The Labute approximate surface area is 104 Å². The Morgan fingerprint density at radius 1 is 1.50 bits per heavy atom. The normalized spacial score (nSPS) is 28.1. The zero-order chi connectivity index (χ0) is 12.9. The summed E-state index contributed by atoms with van der Waals surface area (Å²) in [5.74, 6) is 0.955. The van der Waals surface area contributed by atoms with Crippen LogP contribution in [0.3, 0.4) is 0 Å². The van der Waals surface area contributed by atoms with Crippen molar-refractivity contribution in [1.82, 2.24) is 19.5 Å². The van der Waals surface area contributed by atoms with E-state index in [0.29, 0.717) is 29.2 Å². The second-order valence-electron chi connectivity index (χ2n) is 4.58. The second-order valence-corrected chi connectivity index (χ2v) is 4.58. The lowest BCUT2D eigenvalue weighted by molar-refractivity contribution is -0.00633. The molecular formula is C11H15N5O2. The molecule has 1 aliphatic rings. The Bertz CT molecular complexity index is 586. The van der Waals surface area contributed by atoms with Gasteiger partial charge in [-0.25, -0.2) is 15.0 Å². The number of aliphatic hydroxyl groups is 1. The van der Waals surface area contributed by atoms with E-state index in [2.05, 4.69) is 15.0 Å². The molecule has 1 fully saturated rings. The van der Waals surface area contributed by atoms with E-state index < -0.39 is 6.10 Å². The number of ether oxygens (including phenoxy) is 1. The maximum Gasteiger partial charge on any atom is 0.167 e. The molecule has 1 aliphatic heterocycles. The smallest absolute Gasteiger partial charge is 0.167 e. The Morgan fingerprint density at radius 3 is 2.94 bits per heavy atom. The molecule has 3 atom stereocenters. The number of anilines is 1. The fraction of sp³-hybridized carbons (Fsp3) is 0.545. The summed E-state index contributed by atoms with van der Waals surface area (Å²) in [6.45, 7) is 3.62.